The Labute approximate surface area is 209 Å². The summed E-state index contributed by atoms with van der Waals surface area (Å²) in [5.74, 6) is -0.127. The lowest BCUT2D eigenvalue weighted by atomic mass is 10.0. The van der Waals surface area contributed by atoms with E-state index in [1.165, 1.54) is 11.1 Å². The topological polar surface area (TPSA) is 56.8 Å². The third-order valence-electron chi connectivity index (χ3n) is 6.91. The van der Waals surface area contributed by atoms with Gasteiger partial charge >= 0.3 is 0 Å². The quantitative estimate of drug-likeness (QED) is 0.510. The highest BCUT2D eigenvalue weighted by molar-refractivity contribution is 7.22. The summed E-state index contributed by atoms with van der Waals surface area (Å²) in [4.78, 5) is 37.1. The molecule has 2 aliphatic heterocycles. The second-order valence-electron chi connectivity index (χ2n) is 8.96. The molecular weight excluding hydrogens is 468 g/mol. The summed E-state index contributed by atoms with van der Waals surface area (Å²) in [5.41, 5.74) is 4.32. The Balaban J connectivity index is 1.25. The van der Waals surface area contributed by atoms with Crippen molar-refractivity contribution in [1.82, 2.24) is 9.88 Å². The van der Waals surface area contributed by atoms with Gasteiger partial charge in [-0.05, 0) is 42.2 Å². The first-order valence-corrected chi connectivity index (χ1v) is 13.2. The van der Waals surface area contributed by atoms with Gasteiger partial charge in [0, 0.05) is 49.9 Å². The number of piperazine rings is 1. The van der Waals surface area contributed by atoms with Crippen molar-refractivity contribution >= 4 is 55.8 Å². The van der Waals surface area contributed by atoms with E-state index in [4.69, 9.17) is 16.6 Å². The van der Waals surface area contributed by atoms with Crippen molar-refractivity contribution in [3.63, 3.8) is 0 Å². The van der Waals surface area contributed by atoms with Crippen LogP contribution in [0.4, 0.5) is 10.8 Å². The van der Waals surface area contributed by atoms with Crippen LogP contribution < -0.4 is 9.80 Å². The molecule has 3 aromatic rings. The Morgan fingerprint density at radius 3 is 2.47 bits per heavy atom. The van der Waals surface area contributed by atoms with Crippen LogP contribution in [0.3, 0.4) is 0 Å². The number of para-hydroxylation sites is 1. The lowest BCUT2D eigenvalue weighted by Crippen LogP contribution is -2.50. The summed E-state index contributed by atoms with van der Waals surface area (Å²) in [6.07, 6.45) is 2.02. The van der Waals surface area contributed by atoms with Crippen molar-refractivity contribution in [2.75, 3.05) is 42.5 Å². The summed E-state index contributed by atoms with van der Waals surface area (Å²) < 4.78 is 1.07. The van der Waals surface area contributed by atoms with E-state index in [0.717, 1.165) is 47.0 Å². The Morgan fingerprint density at radius 2 is 1.79 bits per heavy atom. The standard InChI is InChI=1S/C26H29ClN4O2S/c1-3-17-6-5-7-18(4-2)24(17)31-16-19(14-23(31)32)25(33)29-10-12-30(13-11-29)26-28-21-9-8-20(27)15-22(21)34-26/h5-9,15,19H,3-4,10-14,16H2,1-2H3. The van der Waals surface area contributed by atoms with Gasteiger partial charge in [-0.1, -0.05) is 55.0 Å². The van der Waals surface area contributed by atoms with E-state index in [0.29, 0.717) is 31.1 Å². The molecule has 0 radical (unpaired) electrons. The van der Waals surface area contributed by atoms with Gasteiger partial charge in [0.15, 0.2) is 5.13 Å². The maximum Gasteiger partial charge on any atom is 0.228 e. The molecule has 34 heavy (non-hydrogen) atoms. The SMILES string of the molecule is CCc1cccc(CC)c1N1CC(C(=O)N2CCN(c3nc4ccc(Cl)cc4s3)CC2)CC1=O. The van der Waals surface area contributed by atoms with E-state index in [1.807, 2.05) is 28.0 Å². The molecule has 6 nitrogen and oxygen atoms in total. The van der Waals surface area contributed by atoms with Crippen LogP contribution in [0.5, 0.6) is 0 Å². The lowest BCUT2D eigenvalue weighted by Gasteiger charge is -2.35. The maximum absolute atomic E-state index is 13.4. The molecule has 0 spiro atoms. The molecule has 0 bridgehead atoms. The van der Waals surface area contributed by atoms with Gasteiger partial charge in [0.1, 0.15) is 0 Å². The second-order valence-corrected chi connectivity index (χ2v) is 10.4. The molecule has 2 fully saturated rings. The van der Waals surface area contributed by atoms with Crippen LogP contribution >= 0.6 is 22.9 Å². The van der Waals surface area contributed by atoms with Crippen molar-refractivity contribution in [2.24, 2.45) is 5.92 Å². The number of halogens is 1. The molecule has 2 aliphatic rings. The van der Waals surface area contributed by atoms with Gasteiger partial charge in [0.25, 0.3) is 0 Å². The predicted molar refractivity (Wildman–Crippen MR) is 139 cm³/mol. The highest BCUT2D eigenvalue weighted by atomic mass is 35.5. The number of carbonyl (C=O) groups excluding carboxylic acids is 2. The minimum atomic E-state index is -0.279. The highest BCUT2D eigenvalue weighted by Crippen LogP contribution is 2.34. The fourth-order valence-corrected chi connectivity index (χ4v) is 6.34. The second kappa shape index (κ2) is 9.55. The Morgan fingerprint density at radius 1 is 1.09 bits per heavy atom. The number of aryl methyl sites for hydroxylation is 2. The number of hydrogen-bond acceptors (Lipinski definition) is 5. The van der Waals surface area contributed by atoms with Crippen LogP contribution in [0.2, 0.25) is 5.02 Å². The molecule has 1 aromatic heterocycles. The molecule has 178 valence electrons. The van der Waals surface area contributed by atoms with Gasteiger partial charge in [-0.25, -0.2) is 4.98 Å². The van der Waals surface area contributed by atoms with E-state index in [1.54, 1.807) is 11.3 Å². The first-order valence-electron chi connectivity index (χ1n) is 12.0. The molecule has 3 heterocycles. The third-order valence-corrected chi connectivity index (χ3v) is 8.22. The predicted octanol–water partition coefficient (Wildman–Crippen LogP) is 4.78. The van der Waals surface area contributed by atoms with E-state index in [-0.39, 0.29) is 17.7 Å². The molecular formula is C26H29ClN4O2S. The zero-order valence-corrected chi connectivity index (χ0v) is 21.2. The average molecular weight is 497 g/mol. The molecule has 2 saturated heterocycles. The molecule has 8 heteroatoms. The fourth-order valence-electron chi connectivity index (χ4n) is 5.05. The Kier molecular flexibility index (Phi) is 6.49. The van der Waals surface area contributed by atoms with Crippen molar-refractivity contribution in [3.8, 4) is 0 Å². The minimum Gasteiger partial charge on any atom is -0.345 e. The van der Waals surface area contributed by atoms with Crippen LogP contribution in [0.25, 0.3) is 10.2 Å². The van der Waals surface area contributed by atoms with Crippen molar-refractivity contribution in [2.45, 2.75) is 33.1 Å². The number of hydrogen-bond donors (Lipinski definition) is 0. The number of thiazole rings is 1. The number of rotatable bonds is 5. The summed E-state index contributed by atoms with van der Waals surface area (Å²) in [7, 11) is 0. The van der Waals surface area contributed by atoms with Gasteiger partial charge in [-0.15, -0.1) is 0 Å². The number of aromatic nitrogens is 1. The van der Waals surface area contributed by atoms with Crippen molar-refractivity contribution < 1.29 is 9.59 Å². The van der Waals surface area contributed by atoms with Crippen LogP contribution in [-0.2, 0) is 22.4 Å². The van der Waals surface area contributed by atoms with Crippen LogP contribution in [0.1, 0.15) is 31.4 Å². The van der Waals surface area contributed by atoms with Crippen molar-refractivity contribution in [3.05, 3.63) is 52.5 Å². The van der Waals surface area contributed by atoms with E-state index in [2.05, 4.69) is 36.9 Å². The van der Waals surface area contributed by atoms with E-state index in [9.17, 15) is 9.59 Å². The zero-order chi connectivity index (χ0) is 23.8. The summed E-state index contributed by atoms with van der Waals surface area (Å²) >= 11 is 7.75. The number of fused-ring (bicyclic) bond motifs is 1. The van der Waals surface area contributed by atoms with Crippen molar-refractivity contribution in [1.29, 1.82) is 0 Å². The molecule has 0 saturated carbocycles. The summed E-state index contributed by atoms with van der Waals surface area (Å²) in [6.45, 7) is 7.46. The summed E-state index contributed by atoms with van der Waals surface area (Å²) in [5, 5.41) is 1.68. The fraction of sp³-hybridized carbons (Fsp3) is 0.423. The third kappa shape index (κ3) is 4.27. The van der Waals surface area contributed by atoms with Crippen LogP contribution in [-0.4, -0.2) is 54.4 Å². The number of nitrogens with zero attached hydrogens (tertiary/aromatic N) is 4. The van der Waals surface area contributed by atoms with Crippen LogP contribution in [0.15, 0.2) is 36.4 Å². The van der Waals surface area contributed by atoms with Gasteiger partial charge in [0.2, 0.25) is 11.8 Å². The highest BCUT2D eigenvalue weighted by Gasteiger charge is 2.39. The number of benzene rings is 2. The lowest BCUT2D eigenvalue weighted by molar-refractivity contribution is -0.136. The molecule has 2 amide bonds. The first-order chi connectivity index (χ1) is 16.5. The molecule has 0 aliphatic carbocycles. The molecule has 5 rings (SSSR count). The smallest absolute Gasteiger partial charge is 0.228 e. The van der Waals surface area contributed by atoms with Gasteiger partial charge in [0.05, 0.1) is 16.1 Å². The van der Waals surface area contributed by atoms with Crippen LogP contribution in [0, 0.1) is 5.92 Å². The Hall–Kier alpha value is -2.64. The maximum atomic E-state index is 13.4. The monoisotopic (exact) mass is 496 g/mol. The summed E-state index contributed by atoms with van der Waals surface area (Å²) in [6, 6.07) is 12.0. The molecule has 2 aromatic carbocycles. The van der Waals surface area contributed by atoms with Gasteiger partial charge in [-0.2, -0.15) is 0 Å². The minimum absolute atomic E-state index is 0.0562. The molecule has 0 N–H and O–H groups in total. The molecule has 1 unspecified atom stereocenters. The number of amides is 2. The van der Waals surface area contributed by atoms with E-state index < -0.39 is 0 Å². The Bertz CT molecular complexity index is 1210. The normalized spacial score (nSPS) is 18.9. The molecule has 1 atom stereocenters. The number of anilines is 2. The van der Waals surface area contributed by atoms with E-state index >= 15 is 0 Å². The largest absolute Gasteiger partial charge is 0.345 e. The zero-order valence-electron chi connectivity index (χ0n) is 19.6. The average Bonchev–Trinajstić information content (AvgIpc) is 3.46. The number of carbonyl (C=O) groups is 2. The van der Waals surface area contributed by atoms with Gasteiger partial charge in [-0.3, -0.25) is 9.59 Å². The van der Waals surface area contributed by atoms with Gasteiger partial charge < -0.3 is 14.7 Å². The first kappa shape index (κ1) is 23.1.